The molecular weight excluding hydrogens is 592 g/mol. The van der Waals surface area contributed by atoms with Crippen molar-refractivity contribution in [3.8, 4) is 22.6 Å². The maximum atomic E-state index is 6.33. The number of pyridine rings is 2. The van der Waals surface area contributed by atoms with E-state index in [2.05, 4.69) is 119 Å². The van der Waals surface area contributed by atoms with Crippen LogP contribution in [0, 0.1) is 13.8 Å². The molecule has 242 valence electrons. The first kappa shape index (κ1) is 32.6. The molecule has 2 heterocycles. The summed E-state index contributed by atoms with van der Waals surface area (Å²) < 4.78 is 12.7. The van der Waals surface area contributed by atoms with Gasteiger partial charge in [0.15, 0.2) is 0 Å². The number of nitrogens with zero attached hydrogens (tertiary/aromatic N) is 2. The highest BCUT2D eigenvalue weighted by Crippen LogP contribution is 2.36. The first-order valence-corrected chi connectivity index (χ1v) is 16.4. The molecule has 0 spiro atoms. The molecule has 0 amide bonds. The summed E-state index contributed by atoms with van der Waals surface area (Å²) >= 11 is 0. The van der Waals surface area contributed by atoms with Gasteiger partial charge in [-0.15, -0.1) is 0 Å². The molecule has 0 unspecified atom stereocenters. The summed E-state index contributed by atoms with van der Waals surface area (Å²) in [4.78, 5) is 8.35. The Hall–Kier alpha value is -5.30. The van der Waals surface area contributed by atoms with Crippen LogP contribution in [0.5, 0.6) is 11.5 Å². The minimum atomic E-state index is 0.509. The van der Waals surface area contributed by atoms with Gasteiger partial charge < -0.3 is 20.1 Å². The second-order valence-corrected chi connectivity index (χ2v) is 12.0. The fourth-order valence-electron chi connectivity index (χ4n) is 5.66. The van der Waals surface area contributed by atoms with E-state index < -0.39 is 0 Å². The van der Waals surface area contributed by atoms with Crippen molar-refractivity contribution in [2.75, 3.05) is 0 Å². The van der Waals surface area contributed by atoms with Gasteiger partial charge in [0.05, 0.1) is 0 Å². The second kappa shape index (κ2) is 16.5. The summed E-state index contributed by atoms with van der Waals surface area (Å²) in [5.74, 6) is 1.77. The number of nitrogens with one attached hydrogen (secondary N) is 2. The van der Waals surface area contributed by atoms with Crippen molar-refractivity contribution in [2.24, 2.45) is 0 Å². The molecule has 2 aromatic heterocycles. The Kier molecular flexibility index (Phi) is 11.2. The molecule has 0 bridgehead atoms. The van der Waals surface area contributed by atoms with Crippen molar-refractivity contribution in [2.45, 2.75) is 53.2 Å². The Morgan fingerprint density at radius 1 is 0.438 bits per heavy atom. The Bertz CT molecular complexity index is 1740. The van der Waals surface area contributed by atoms with Crippen LogP contribution in [0.3, 0.4) is 0 Å². The first-order valence-electron chi connectivity index (χ1n) is 16.4. The average molecular weight is 635 g/mol. The summed E-state index contributed by atoms with van der Waals surface area (Å²) in [7, 11) is 0. The molecule has 6 aromatic rings. The minimum Gasteiger partial charge on any atom is -0.489 e. The molecule has 0 atom stereocenters. The fourth-order valence-corrected chi connectivity index (χ4v) is 5.66. The zero-order chi connectivity index (χ0) is 33.0. The molecular formula is C42H42N4O2. The van der Waals surface area contributed by atoms with E-state index in [1.807, 2.05) is 36.7 Å². The number of hydrogen-bond donors (Lipinski definition) is 2. The first-order chi connectivity index (χ1) is 23.6. The van der Waals surface area contributed by atoms with Crippen molar-refractivity contribution in [3.05, 3.63) is 178 Å². The molecule has 6 rings (SSSR count). The van der Waals surface area contributed by atoms with Crippen molar-refractivity contribution in [3.63, 3.8) is 0 Å². The maximum absolute atomic E-state index is 6.33. The van der Waals surface area contributed by atoms with Crippen LogP contribution >= 0.6 is 0 Å². The highest BCUT2D eigenvalue weighted by atomic mass is 16.5. The number of rotatable bonds is 15. The van der Waals surface area contributed by atoms with Gasteiger partial charge >= 0.3 is 0 Å². The molecule has 0 radical (unpaired) electrons. The summed E-state index contributed by atoms with van der Waals surface area (Å²) in [6.45, 7) is 8.47. The van der Waals surface area contributed by atoms with Gasteiger partial charge in [0.2, 0.25) is 0 Å². The average Bonchev–Trinajstić information content (AvgIpc) is 3.13. The lowest BCUT2D eigenvalue weighted by Gasteiger charge is -2.17. The third kappa shape index (κ3) is 8.94. The van der Waals surface area contributed by atoms with Gasteiger partial charge in [-0.2, -0.15) is 0 Å². The van der Waals surface area contributed by atoms with Gasteiger partial charge in [-0.3, -0.25) is 9.97 Å². The normalized spacial score (nSPS) is 11.0. The lowest BCUT2D eigenvalue weighted by atomic mass is 9.95. The highest BCUT2D eigenvalue weighted by Gasteiger charge is 2.13. The Labute approximate surface area is 283 Å². The topological polar surface area (TPSA) is 68.3 Å². The second-order valence-electron chi connectivity index (χ2n) is 12.0. The van der Waals surface area contributed by atoms with Crippen LogP contribution in [-0.4, -0.2) is 9.97 Å². The standard InChI is InChI=1S/C42H42N4O2/c1-31-39(9-3-11-41(31)47-29-35-17-13-33(14-18-35)23-45-27-37-7-5-21-43-25-37)40-10-4-12-42(32(40)2)48-30-36-19-15-34(16-20-36)24-46-28-38-8-6-22-44-26-38/h3-22,25-26,45-46H,23-24,27-30H2,1-2H3. The third-order valence-corrected chi connectivity index (χ3v) is 8.46. The van der Waals surface area contributed by atoms with E-state index in [1.165, 1.54) is 22.3 Å². The minimum absolute atomic E-state index is 0.509. The monoisotopic (exact) mass is 634 g/mol. The van der Waals surface area contributed by atoms with E-state index in [0.29, 0.717) is 13.2 Å². The SMILES string of the molecule is Cc1c(OCc2ccc(CNCc3cccnc3)cc2)cccc1-c1cccc(OCc2ccc(CNCc3cccnc3)cc2)c1C. The van der Waals surface area contributed by atoms with Crippen molar-refractivity contribution in [1.82, 2.24) is 20.6 Å². The summed E-state index contributed by atoms with van der Waals surface area (Å²) in [5, 5.41) is 6.96. The smallest absolute Gasteiger partial charge is 0.123 e. The highest BCUT2D eigenvalue weighted by molar-refractivity contribution is 5.74. The largest absolute Gasteiger partial charge is 0.489 e. The van der Waals surface area contributed by atoms with E-state index in [9.17, 15) is 0 Å². The Morgan fingerprint density at radius 2 is 0.833 bits per heavy atom. The van der Waals surface area contributed by atoms with E-state index in [0.717, 1.165) is 71.1 Å². The predicted molar refractivity (Wildman–Crippen MR) is 192 cm³/mol. The number of hydrogen-bond acceptors (Lipinski definition) is 6. The molecule has 0 saturated carbocycles. The lowest BCUT2D eigenvalue weighted by molar-refractivity contribution is 0.303. The number of aromatic nitrogens is 2. The van der Waals surface area contributed by atoms with Crippen LogP contribution in [0.1, 0.15) is 44.5 Å². The van der Waals surface area contributed by atoms with Gasteiger partial charge in [0, 0.05) is 51.0 Å². The van der Waals surface area contributed by atoms with Crippen molar-refractivity contribution >= 4 is 0 Å². The van der Waals surface area contributed by atoms with Gasteiger partial charge in [-0.25, -0.2) is 0 Å². The Morgan fingerprint density at radius 3 is 1.23 bits per heavy atom. The van der Waals surface area contributed by atoms with E-state index >= 15 is 0 Å². The number of benzene rings is 4. The zero-order valence-corrected chi connectivity index (χ0v) is 27.7. The maximum Gasteiger partial charge on any atom is 0.123 e. The number of ether oxygens (including phenoxy) is 2. The molecule has 6 heteroatoms. The van der Waals surface area contributed by atoms with Gasteiger partial charge in [0.25, 0.3) is 0 Å². The lowest BCUT2D eigenvalue weighted by Crippen LogP contribution is -2.12. The van der Waals surface area contributed by atoms with Gasteiger partial charge in [-0.1, -0.05) is 84.9 Å². The van der Waals surface area contributed by atoms with Gasteiger partial charge in [-0.05, 0) is 93.7 Å². The zero-order valence-electron chi connectivity index (χ0n) is 27.7. The van der Waals surface area contributed by atoms with Crippen LogP contribution < -0.4 is 20.1 Å². The molecule has 2 N–H and O–H groups in total. The van der Waals surface area contributed by atoms with Crippen LogP contribution in [0.25, 0.3) is 11.1 Å². The van der Waals surface area contributed by atoms with Crippen LogP contribution in [0.15, 0.2) is 134 Å². The van der Waals surface area contributed by atoms with Crippen LogP contribution in [-0.2, 0) is 39.4 Å². The van der Waals surface area contributed by atoms with Crippen molar-refractivity contribution < 1.29 is 9.47 Å². The van der Waals surface area contributed by atoms with Crippen molar-refractivity contribution in [1.29, 1.82) is 0 Å². The fraction of sp³-hybridized carbons (Fsp3) is 0.190. The summed E-state index contributed by atoms with van der Waals surface area (Å²) in [5.41, 5.74) is 11.6. The molecule has 48 heavy (non-hydrogen) atoms. The van der Waals surface area contributed by atoms with E-state index in [1.54, 1.807) is 12.4 Å². The summed E-state index contributed by atoms with van der Waals surface area (Å²) in [6, 6.07) is 37.8. The summed E-state index contributed by atoms with van der Waals surface area (Å²) in [6.07, 6.45) is 7.38. The molecule has 0 aliphatic carbocycles. The molecule has 4 aromatic carbocycles. The molecule has 0 aliphatic heterocycles. The van der Waals surface area contributed by atoms with Crippen LogP contribution in [0.2, 0.25) is 0 Å². The third-order valence-electron chi connectivity index (χ3n) is 8.46. The predicted octanol–water partition coefficient (Wildman–Crippen LogP) is 8.50. The quantitative estimate of drug-likeness (QED) is 0.118. The van der Waals surface area contributed by atoms with E-state index in [4.69, 9.17) is 9.47 Å². The molecule has 0 saturated heterocycles. The van der Waals surface area contributed by atoms with E-state index in [-0.39, 0.29) is 0 Å². The van der Waals surface area contributed by atoms with Crippen LogP contribution in [0.4, 0.5) is 0 Å². The molecule has 0 fully saturated rings. The van der Waals surface area contributed by atoms with Gasteiger partial charge in [0.1, 0.15) is 24.7 Å². The molecule has 6 nitrogen and oxygen atoms in total. The molecule has 0 aliphatic rings. The Balaban J connectivity index is 1.02.